The normalized spacial score (nSPS) is 20.1. The van der Waals surface area contributed by atoms with E-state index in [1.165, 1.54) is 7.11 Å². The second-order valence-electron chi connectivity index (χ2n) is 6.42. The molecule has 1 aromatic rings. The Bertz CT molecular complexity index is 553. The van der Waals surface area contributed by atoms with Gasteiger partial charge in [0.15, 0.2) is 0 Å². The van der Waals surface area contributed by atoms with Crippen molar-refractivity contribution in [3.63, 3.8) is 0 Å². The standard InChI is InChI=1S/C15H21BO5/c1-14(2)9-20-16(21-15(14,3)4)10-6-7-12(19-5)11(8-10)13(17)18/h6-8H,9H2,1-5H3,(H,17,18). The number of carboxylic acid groups (broad SMARTS) is 1. The lowest BCUT2D eigenvalue weighted by atomic mass is 9.69. The van der Waals surface area contributed by atoms with Crippen molar-refractivity contribution >= 4 is 18.6 Å². The first-order valence-corrected chi connectivity index (χ1v) is 6.88. The molecule has 0 unspecified atom stereocenters. The minimum Gasteiger partial charge on any atom is -0.496 e. The van der Waals surface area contributed by atoms with Gasteiger partial charge < -0.3 is 19.2 Å². The van der Waals surface area contributed by atoms with Crippen molar-refractivity contribution in [2.45, 2.75) is 33.3 Å². The van der Waals surface area contributed by atoms with Crippen molar-refractivity contribution in [3.8, 4) is 5.75 Å². The summed E-state index contributed by atoms with van der Waals surface area (Å²) >= 11 is 0. The van der Waals surface area contributed by atoms with Crippen LogP contribution in [-0.2, 0) is 9.31 Å². The van der Waals surface area contributed by atoms with Gasteiger partial charge in [-0.15, -0.1) is 0 Å². The van der Waals surface area contributed by atoms with Crippen LogP contribution in [0.4, 0.5) is 0 Å². The van der Waals surface area contributed by atoms with Crippen LogP contribution in [-0.4, -0.2) is 37.5 Å². The van der Waals surface area contributed by atoms with Crippen LogP contribution < -0.4 is 10.2 Å². The molecular weight excluding hydrogens is 271 g/mol. The first-order chi connectivity index (χ1) is 9.68. The molecule has 1 heterocycles. The highest BCUT2D eigenvalue weighted by molar-refractivity contribution is 6.61. The van der Waals surface area contributed by atoms with Crippen LogP contribution in [0.1, 0.15) is 38.1 Å². The number of ether oxygens (including phenoxy) is 1. The lowest BCUT2D eigenvalue weighted by Gasteiger charge is -2.47. The van der Waals surface area contributed by atoms with Crippen LogP contribution in [0.2, 0.25) is 0 Å². The molecule has 1 aliphatic rings. The quantitative estimate of drug-likeness (QED) is 0.862. The maximum Gasteiger partial charge on any atom is 0.494 e. The fraction of sp³-hybridized carbons (Fsp3) is 0.533. The SMILES string of the molecule is COc1ccc(B2OCC(C)(C)C(C)(C)O2)cc1C(=O)O. The van der Waals surface area contributed by atoms with Gasteiger partial charge in [-0.3, -0.25) is 0 Å². The van der Waals surface area contributed by atoms with Gasteiger partial charge >= 0.3 is 13.1 Å². The Morgan fingerprint density at radius 2 is 2.00 bits per heavy atom. The van der Waals surface area contributed by atoms with Gasteiger partial charge in [-0.25, -0.2) is 4.79 Å². The molecule has 0 spiro atoms. The second-order valence-corrected chi connectivity index (χ2v) is 6.42. The zero-order chi connectivity index (χ0) is 15.8. The summed E-state index contributed by atoms with van der Waals surface area (Å²) in [7, 11) is 0.873. The third-order valence-electron chi connectivity index (χ3n) is 4.35. The molecule has 0 radical (unpaired) electrons. The van der Waals surface area contributed by atoms with E-state index in [2.05, 4.69) is 13.8 Å². The average Bonchev–Trinajstić information content (AvgIpc) is 2.41. The zero-order valence-corrected chi connectivity index (χ0v) is 13.1. The van der Waals surface area contributed by atoms with Crippen LogP contribution in [0.15, 0.2) is 18.2 Å². The number of methoxy groups -OCH3 is 1. The van der Waals surface area contributed by atoms with E-state index in [1.807, 2.05) is 13.8 Å². The van der Waals surface area contributed by atoms with Crippen LogP contribution in [0, 0.1) is 5.41 Å². The van der Waals surface area contributed by atoms with Crippen LogP contribution in [0.3, 0.4) is 0 Å². The number of aromatic carboxylic acids is 1. The first kappa shape index (κ1) is 15.9. The molecule has 114 valence electrons. The third-order valence-corrected chi connectivity index (χ3v) is 4.35. The van der Waals surface area contributed by atoms with Gasteiger partial charge in [0.05, 0.1) is 12.7 Å². The van der Waals surface area contributed by atoms with Crippen LogP contribution >= 0.6 is 0 Å². The number of carbonyl (C=O) groups is 1. The predicted octanol–water partition coefficient (Wildman–Crippen LogP) is 1.94. The van der Waals surface area contributed by atoms with Gasteiger partial charge in [0.2, 0.25) is 0 Å². The summed E-state index contributed by atoms with van der Waals surface area (Å²) in [6.45, 7) is 8.74. The Hall–Kier alpha value is -1.53. The molecule has 0 amide bonds. The lowest BCUT2D eigenvalue weighted by Crippen LogP contribution is -2.58. The number of hydrogen-bond donors (Lipinski definition) is 1. The van der Waals surface area contributed by atoms with E-state index in [9.17, 15) is 9.90 Å². The highest BCUT2D eigenvalue weighted by Crippen LogP contribution is 2.38. The van der Waals surface area contributed by atoms with Gasteiger partial charge in [0.1, 0.15) is 11.3 Å². The predicted molar refractivity (Wildman–Crippen MR) is 80.2 cm³/mol. The molecule has 2 rings (SSSR count). The van der Waals surface area contributed by atoms with E-state index in [0.717, 1.165) is 0 Å². The molecule has 0 saturated carbocycles. The van der Waals surface area contributed by atoms with Gasteiger partial charge in [0.25, 0.3) is 0 Å². The van der Waals surface area contributed by atoms with Gasteiger partial charge in [-0.2, -0.15) is 0 Å². The average molecular weight is 292 g/mol. The molecule has 21 heavy (non-hydrogen) atoms. The molecule has 5 nitrogen and oxygen atoms in total. The highest BCUT2D eigenvalue weighted by atomic mass is 16.6. The van der Waals surface area contributed by atoms with E-state index in [0.29, 0.717) is 17.8 Å². The summed E-state index contributed by atoms with van der Waals surface area (Å²) < 4.78 is 16.9. The van der Waals surface area contributed by atoms with Crippen molar-refractivity contribution in [1.29, 1.82) is 0 Å². The molecule has 0 aliphatic carbocycles. The summed E-state index contributed by atoms with van der Waals surface area (Å²) in [6.07, 6.45) is 0. The van der Waals surface area contributed by atoms with E-state index in [4.69, 9.17) is 14.0 Å². The lowest BCUT2D eigenvalue weighted by molar-refractivity contribution is -0.0937. The summed E-state index contributed by atoms with van der Waals surface area (Å²) in [5, 5.41) is 9.24. The summed E-state index contributed by atoms with van der Waals surface area (Å²) in [4.78, 5) is 11.3. The highest BCUT2D eigenvalue weighted by Gasteiger charge is 2.47. The molecule has 1 N–H and O–H groups in total. The Morgan fingerprint density at radius 1 is 1.33 bits per heavy atom. The van der Waals surface area contributed by atoms with Crippen molar-refractivity contribution in [3.05, 3.63) is 23.8 Å². The minimum absolute atomic E-state index is 0.102. The molecule has 1 saturated heterocycles. The van der Waals surface area contributed by atoms with Crippen LogP contribution in [0.25, 0.3) is 0 Å². The number of hydrogen-bond acceptors (Lipinski definition) is 4. The van der Waals surface area contributed by atoms with Gasteiger partial charge in [0, 0.05) is 12.0 Å². The molecule has 6 heteroatoms. The molecule has 0 atom stereocenters. The third kappa shape index (κ3) is 2.92. The Kier molecular flexibility index (Phi) is 4.04. The fourth-order valence-electron chi connectivity index (χ4n) is 2.12. The second kappa shape index (κ2) is 5.35. The van der Waals surface area contributed by atoms with Crippen molar-refractivity contribution in [2.24, 2.45) is 5.41 Å². The molecule has 1 aliphatic heterocycles. The first-order valence-electron chi connectivity index (χ1n) is 6.88. The van der Waals surface area contributed by atoms with Crippen molar-refractivity contribution in [2.75, 3.05) is 13.7 Å². The summed E-state index contributed by atoms with van der Waals surface area (Å²) in [6, 6.07) is 4.93. The summed E-state index contributed by atoms with van der Waals surface area (Å²) in [5.74, 6) is -0.717. The van der Waals surface area contributed by atoms with Crippen molar-refractivity contribution in [1.82, 2.24) is 0 Å². The van der Waals surface area contributed by atoms with E-state index < -0.39 is 13.1 Å². The van der Waals surface area contributed by atoms with E-state index in [-0.39, 0.29) is 16.6 Å². The van der Waals surface area contributed by atoms with Gasteiger partial charge in [-0.1, -0.05) is 19.9 Å². The molecule has 1 aromatic carbocycles. The van der Waals surface area contributed by atoms with E-state index in [1.54, 1.807) is 18.2 Å². The topological polar surface area (TPSA) is 65.0 Å². The fourth-order valence-corrected chi connectivity index (χ4v) is 2.12. The number of carboxylic acids is 1. The Morgan fingerprint density at radius 3 is 2.52 bits per heavy atom. The van der Waals surface area contributed by atoms with Crippen LogP contribution in [0.5, 0.6) is 5.75 Å². The maximum atomic E-state index is 11.3. The molecule has 1 fully saturated rings. The monoisotopic (exact) mass is 292 g/mol. The number of rotatable bonds is 3. The smallest absolute Gasteiger partial charge is 0.494 e. The van der Waals surface area contributed by atoms with E-state index >= 15 is 0 Å². The molecule has 0 aromatic heterocycles. The maximum absolute atomic E-state index is 11.3. The zero-order valence-electron chi connectivity index (χ0n) is 13.1. The minimum atomic E-state index is -1.04. The summed E-state index contributed by atoms with van der Waals surface area (Å²) in [5.41, 5.74) is 0.284. The molecular formula is C15H21BO5. The largest absolute Gasteiger partial charge is 0.496 e. The molecule has 0 bridgehead atoms. The Labute approximate surface area is 125 Å². The van der Waals surface area contributed by atoms with Gasteiger partial charge in [-0.05, 0) is 31.4 Å². The Balaban J connectivity index is 2.32. The number of benzene rings is 1. The van der Waals surface area contributed by atoms with Crippen molar-refractivity contribution < 1.29 is 23.9 Å².